The van der Waals surface area contributed by atoms with Crippen LogP contribution in [0.4, 0.5) is 10.2 Å². The van der Waals surface area contributed by atoms with Gasteiger partial charge in [0, 0.05) is 18.0 Å². The molecule has 0 aliphatic heterocycles. The number of halogens is 1. The highest BCUT2D eigenvalue weighted by molar-refractivity contribution is 5.43. The molecule has 0 radical (unpaired) electrons. The Balaban J connectivity index is 2.44. The van der Waals surface area contributed by atoms with Crippen molar-refractivity contribution in [2.24, 2.45) is 0 Å². The Morgan fingerprint density at radius 2 is 1.88 bits per heavy atom. The third-order valence-electron chi connectivity index (χ3n) is 2.21. The lowest BCUT2D eigenvalue weighted by Crippen LogP contribution is -2.08. The number of hydrogen-bond acceptors (Lipinski definition) is 4. The minimum Gasteiger partial charge on any atom is -0.383 e. The van der Waals surface area contributed by atoms with Gasteiger partial charge < -0.3 is 10.8 Å². The molecule has 2 rings (SSSR count). The molecule has 1 unspecified atom stereocenters. The highest BCUT2D eigenvalue weighted by atomic mass is 19.1. The van der Waals surface area contributed by atoms with Crippen molar-refractivity contribution in [3.63, 3.8) is 0 Å². The molecule has 0 bridgehead atoms. The largest absolute Gasteiger partial charge is 0.383 e. The number of rotatable bonds is 2. The lowest BCUT2D eigenvalue weighted by atomic mass is 10.1. The lowest BCUT2D eigenvalue weighted by Gasteiger charge is -2.12. The Bertz CT molecular complexity index is 459. The average molecular weight is 219 g/mol. The van der Waals surface area contributed by atoms with Gasteiger partial charge in [-0.25, -0.2) is 9.37 Å². The molecule has 0 amide bonds. The van der Waals surface area contributed by atoms with Gasteiger partial charge in [-0.2, -0.15) is 0 Å². The smallest absolute Gasteiger partial charge is 0.147 e. The molecule has 0 fully saturated rings. The predicted molar refractivity (Wildman–Crippen MR) is 56.9 cm³/mol. The van der Waals surface area contributed by atoms with Crippen LogP contribution in [0.1, 0.15) is 17.4 Å². The standard InChI is InChI=1S/C11H10FN3O/c12-8-4-2-5-14-9(8)10(16)7-3-1-6-15-11(7)13/h1-6,10,16H,(H2,13,15). The fraction of sp³-hybridized carbons (Fsp3) is 0.0909. The predicted octanol–water partition coefficient (Wildman–Crippen LogP) is 1.28. The topological polar surface area (TPSA) is 72.0 Å². The van der Waals surface area contributed by atoms with Crippen LogP contribution in [0.15, 0.2) is 36.7 Å². The van der Waals surface area contributed by atoms with Gasteiger partial charge in [-0.05, 0) is 18.2 Å². The molecule has 3 N–H and O–H groups in total. The van der Waals surface area contributed by atoms with Crippen molar-refractivity contribution >= 4 is 5.82 Å². The molecule has 0 aliphatic carbocycles. The van der Waals surface area contributed by atoms with Crippen LogP contribution in [0, 0.1) is 5.82 Å². The summed E-state index contributed by atoms with van der Waals surface area (Å²) in [4.78, 5) is 7.61. The highest BCUT2D eigenvalue weighted by Crippen LogP contribution is 2.24. The molecule has 0 spiro atoms. The van der Waals surface area contributed by atoms with Gasteiger partial charge in [0.1, 0.15) is 23.4 Å². The molecular weight excluding hydrogens is 209 g/mol. The molecule has 16 heavy (non-hydrogen) atoms. The number of nitrogens with two attached hydrogens (primary N) is 1. The fourth-order valence-electron chi connectivity index (χ4n) is 1.41. The summed E-state index contributed by atoms with van der Waals surface area (Å²) < 4.78 is 13.4. The van der Waals surface area contributed by atoms with E-state index in [2.05, 4.69) is 9.97 Å². The summed E-state index contributed by atoms with van der Waals surface area (Å²) in [6, 6.07) is 5.90. The van der Waals surface area contributed by atoms with Crippen LogP contribution in [-0.2, 0) is 0 Å². The van der Waals surface area contributed by atoms with E-state index >= 15 is 0 Å². The molecule has 2 aromatic heterocycles. The van der Waals surface area contributed by atoms with Gasteiger partial charge in [-0.15, -0.1) is 0 Å². The van der Waals surface area contributed by atoms with Crippen molar-refractivity contribution in [3.8, 4) is 0 Å². The van der Waals surface area contributed by atoms with E-state index in [0.29, 0.717) is 5.56 Å². The third kappa shape index (κ3) is 1.85. The molecule has 82 valence electrons. The number of aromatic nitrogens is 2. The lowest BCUT2D eigenvalue weighted by molar-refractivity contribution is 0.210. The normalized spacial score (nSPS) is 12.4. The van der Waals surface area contributed by atoms with Gasteiger partial charge in [0.2, 0.25) is 0 Å². The highest BCUT2D eigenvalue weighted by Gasteiger charge is 2.18. The quantitative estimate of drug-likeness (QED) is 0.798. The van der Waals surface area contributed by atoms with E-state index in [4.69, 9.17) is 5.73 Å². The Kier molecular flexibility index (Phi) is 2.78. The number of nitrogens with zero attached hydrogens (tertiary/aromatic N) is 2. The van der Waals surface area contributed by atoms with Gasteiger partial charge in [0.05, 0.1) is 0 Å². The van der Waals surface area contributed by atoms with E-state index in [0.717, 1.165) is 0 Å². The van der Waals surface area contributed by atoms with Crippen molar-refractivity contribution in [1.82, 2.24) is 9.97 Å². The first-order valence-electron chi connectivity index (χ1n) is 4.69. The number of aliphatic hydroxyl groups excluding tert-OH is 1. The molecule has 4 nitrogen and oxygen atoms in total. The first-order valence-corrected chi connectivity index (χ1v) is 4.69. The molecule has 0 saturated carbocycles. The van der Waals surface area contributed by atoms with E-state index in [1.807, 2.05) is 0 Å². The number of nitrogen functional groups attached to an aromatic ring is 1. The Labute approximate surface area is 91.6 Å². The number of hydrogen-bond donors (Lipinski definition) is 2. The van der Waals surface area contributed by atoms with Crippen LogP contribution >= 0.6 is 0 Å². The summed E-state index contributed by atoms with van der Waals surface area (Å²) in [6.07, 6.45) is 1.71. The molecule has 2 aromatic rings. The maximum atomic E-state index is 13.4. The number of aliphatic hydroxyl groups is 1. The van der Waals surface area contributed by atoms with Crippen molar-refractivity contribution in [3.05, 3.63) is 53.7 Å². The van der Waals surface area contributed by atoms with Gasteiger partial charge in [0.15, 0.2) is 0 Å². The molecule has 0 aromatic carbocycles. The molecular formula is C11H10FN3O. The van der Waals surface area contributed by atoms with Gasteiger partial charge in [0.25, 0.3) is 0 Å². The second-order valence-electron chi connectivity index (χ2n) is 3.25. The van der Waals surface area contributed by atoms with E-state index in [1.54, 1.807) is 12.1 Å². The molecule has 0 aliphatic rings. The first-order chi connectivity index (χ1) is 7.70. The van der Waals surface area contributed by atoms with Gasteiger partial charge in [-0.1, -0.05) is 6.07 Å². The molecule has 5 heteroatoms. The summed E-state index contributed by atoms with van der Waals surface area (Å²) in [5, 5.41) is 9.93. The SMILES string of the molecule is Nc1ncccc1C(O)c1ncccc1F. The van der Waals surface area contributed by atoms with Crippen LogP contribution < -0.4 is 5.73 Å². The van der Waals surface area contributed by atoms with Crippen LogP contribution in [0.3, 0.4) is 0 Å². The first kappa shape index (κ1) is 10.5. The maximum Gasteiger partial charge on any atom is 0.147 e. The zero-order valence-electron chi connectivity index (χ0n) is 8.34. The van der Waals surface area contributed by atoms with Crippen LogP contribution in [0.2, 0.25) is 0 Å². The van der Waals surface area contributed by atoms with Crippen molar-refractivity contribution in [2.75, 3.05) is 5.73 Å². The zero-order chi connectivity index (χ0) is 11.5. The van der Waals surface area contributed by atoms with E-state index < -0.39 is 11.9 Å². The van der Waals surface area contributed by atoms with Crippen molar-refractivity contribution in [2.45, 2.75) is 6.10 Å². The third-order valence-corrected chi connectivity index (χ3v) is 2.21. The summed E-state index contributed by atoms with van der Waals surface area (Å²) in [5.41, 5.74) is 5.88. The zero-order valence-corrected chi connectivity index (χ0v) is 8.34. The Morgan fingerprint density at radius 3 is 2.56 bits per heavy atom. The average Bonchev–Trinajstić information content (AvgIpc) is 2.29. The minimum atomic E-state index is -1.20. The van der Waals surface area contributed by atoms with Crippen molar-refractivity contribution in [1.29, 1.82) is 0 Å². The van der Waals surface area contributed by atoms with E-state index in [-0.39, 0.29) is 11.5 Å². The monoisotopic (exact) mass is 219 g/mol. The van der Waals surface area contributed by atoms with E-state index in [1.165, 1.54) is 24.5 Å². The van der Waals surface area contributed by atoms with E-state index in [9.17, 15) is 9.50 Å². The number of anilines is 1. The van der Waals surface area contributed by atoms with Crippen LogP contribution in [0.5, 0.6) is 0 Å². The molecule has 0 saturated heterocycles. The summed E-state index contributed by atoms with van der Waals surface area (Å²) in [5.74, 6) is -0.404. The Hall–Kier alpha value is -2.01. The van der Waals surface area contributed by atoms with Gasteiger partial charge >= 0.3 is 0 Å². The van der Waals surface area contributed by atoms with Gasteiger partial charge in [-0.3, -0.25) is 4.98 Å². The summed E-state index contributed by atoms with van der Waals surface area (Å²) in [7, 11) is 0. The molecule has 2 heterocycles. The fourth-order valence-corrected chi connectivity index (χ4v) is 1.41. The number of pyridine rings is 2. The van der Waals surface area contributed by atoms with Crippen LogP contribution in [0.25, 0.3) is 0 Å². The molecule has 1 atom stereocenters. The Morgan fingerprint density at radius 1 is 1.19 bits per heavy atom. The minimum absolute atomic E-state index is 0.0535. The maximum absolute atomic E-state index is 13.4. The van der Waals surface area contributed by atoms with Crippen molar-refractivity contribution < 1.29 is 9.50 Å². The van der Waals surface area contributed by atoms with Crippen LogP contribution in [-0.4, -0.2) is 15.1 Å². The summed E-state index contributed by atoms with van der Waals surface area (Å²) >= 11 is 0. The second-order valence-corrected chi connectivity index (χ2v) is 3.25. The summed E-state index contributed by atoms with van der Waals surface area (Å²) in [6.45, 7) is 0. The second kappa shape index (κ2) is 4.24.